The molecule has 122 valence electrons. The number of carbonyl (C=O) groups is 2. The van der Waals surface area contributed by atoms with E-state index in [1.165, 1.54) is 0 Å². The fourth-order valence-corrected chi connectivity index (χ4v) is 2.23. The molecule has 0 aromatic heterocycles. The monoisotopic (exact) mass is 316 g/mol. The first kappa shape index (κ1) is 16.6. The lowest BCUT2D eigenvalue weighted by Crippen LogP contribution is -2.52. The molecule has 1 aromatic carbocycles. The van der Waals surface area contributed by atoms with Crippen LogP contribution in [0.15, 0.2) is 18.2 Å². The lowest BCUT2D eigenvalue weighted by Gasteiger charge is -2.25. The number of fused-ring (bicyclic) bond motifs is 1. The highest BCUT2D eigenvalue weighted by molar-refractivity contribution is 6.01. The van der Waals surface area contributed by atoms with Crippen LogP contribution in [0.2, 0.25) is 0 Å². The van der Waals surface area contributed by atoms with Crippen LogP contribution in [0, 0.1) is 11.3 Å². The average Bonchev–Trinajstić information content (AvgIpc) is 2.54. The summed E-state index contributed by atoms with van der Waals surface area (Å²) in [5, 5.41) is 17.4. The fourth-order valence-electron chi connectivity index (χ4n) is 2.23. The van der Waals surface area contributed by atoms with Gasteiger partial charge in [0.25, 0.3) is 0 Å². The van der Waals surface area contributed by atoms with Crippen molar-refractivity contribution in [2.45, 2.75) is 45.4 Å². The standard InChI is InChI=1S/C16H20N4O3/c1-9-13(20-15(22)23-16(2,3)4)14(21)19-11-6-5-10(8-17)7-12(11)18-9/h5-7,9,13,18H,1-4H3,(H,19,21)(H,20,22)/t9-,13-/m0/s1. The maximum atomic E-state index is 12.4. The molecule has 1 aliphatic rings. The Morgan fingerprint density at radius 3 is 2.65 bits per heavy atom. The van der Waals surface area contributed by atoms with Gasteiger partial charge in [0.15, 0.2) is 0 Å². The van der Waals surface area contributed by atoms with Crippen LogP contribution in [-0.4, -0.2) is 29.7 Å². The molecule has 0 spiro atoms. The molecule has 1 aromatic rings. The predicted molar refractivity (Wildman–Crippen MR) is 86.0 cm³/mol. The number of rotatable bonds is 1. The summed E-state index contributed by atoms with van der Waals surface area (Å²) in [7, 11) is 0. The summed E-state index contributed by atoms with van der Waals surface area (Å²) in [6, 6.07) is 5.80. The maximum absolute atomic E-state index is 12.4. The number of amides is 2. The lowest BCUT2D eigenvalue weighted by molar-refractivity contribution is -0.118. The lowest BCUT2D eigenvalue weighted by atomic mass is 10.1. The van der Waals surface area contributed by atoms with Crippen molar-refractivity contribution in [1.29, 1.82) is 5.26 Å². The van der Waals surface area contributed by atoms with Gasteiger partial charge in [-0.1, -0.05) is 0 Å². The number of benzene rings is 1. The number of nitrogens with zero attached hydrogens (tertiary/aromatic N) is 1. The number of ether oxygens (including phenoxy) is 1. The van der Waals surface area contributed by atoms with E-state index in [4.69, 9.17) is 10.00 Å². The van der Waals surface area contributed by atoms with Crippen molar-refractivity contribution in [2.75, 3.05) is 10.6 Å². The normalized spacial score (nSPS) is 20.2. The summed E-state index contributed by atoms with van der Waals surface area (Å²) in [4.78, 5) is 24.3. The Labute approximate surface area is 135 Å². The number of hydrogen-bond acceptors (Lipinski definition) is 5. The van der Waals surface area contributed by atoms with Gasteiger partial charge in [-0.3, -0.25) is 4.79 Å². The van der Waals surface area contributed by atoms with E-state index < -0.39 is 17.7 Å². The molecule has 2 rings (SSSR count). The summed E-state index contributed by atoms with van der Waals surface area (Å²) in [5.74, 6) is -0.348. The van der Waals surface area contributed by atoms with Crippen LogP contribution in [0.4, 0.5) is 16.2 Å². The fraction of sp³-hybridized carbons (Fsp3) is 0.438. The van der Waals surface area contributed by atoms with Gasteiger partial charge in [0.05, 0.1) is 29.0 Å². The van der Waals surface area contributed by atoms with Crippen LogP contribution in [0.3, 0.4) is 0 Å². The molecule has 0 unspecified atom stereocenters. The minimum atomic E-state index is -0.803. The Morgan fingerprint density at radius 2 is 2.04 bits per heavy atom. The van der Waals surface area contributed by atoms with Crippen LogP contribution in [0.1, 0.15) is 33.3 Å². The Bertz CT molecular complexity index is 673. The van der Waals surface area contributed by atoms with E-state index in [9.17, 15) is 9.59 Å². The summed E-state index contributed by atoms with van der Waals surface area (Å²) in [5.41, 5.74) is 1.04. The molecule has 23 heavy (non-hydrogen) atoms. The van der Waals surface area contributed by atoms with E-state index in [2.05, 4.69) is 22.0 Å². The summed E-state index contributed by atoms with van der Waals surface area (Å²) < 4.78 is 5.19. The SMILES string of the molecule is C[C@@H]1Nc2cc(C#N)ccc2NC(=O)[C@H]1NC(=O)OC(C)(C)C. The molecule has 0 fully saturated rings. The van der Waals surface area contributed by atoms with Crippen molar-refractivity contribution in [2.24, 2.45) is 0 Å². The quantitative estimate of drug-likeness (QED) is 0.737. The molecular formula is C16H20N4O3. The van der Waals surface area contributed by atoms with Crippen LogP contribution >= 0.6 is 0 Å². The first-order valence-electron chi connectivity index (χ1n) is 7.30. The van der Waals surface area contributed by atoms with Gasteiger partial charge in [-0.15, -0.1) is 0 Å². The molecular weight excluding hydrogens is 296 g/mol. The van der Waals surface area contributed by atoms with Crippen molar-refractivity contribution < 1.29 is 14.3 Å². The molecule has 0 saturated heterocycles. The van der Waals surface area contributed by atoms with Gasteiger partial charge in [0.1, 0.15) is 11.6 Å². The number of nitriles is 1. The molecule has 2 amide bonds. The largest absolute Gasteiger partial charge is 0.444 e. The van der Waals surface area contributed by atoms with E-state index >= 15 is 0 Å². The highest BCUT2D eigenvalue weighted by atomic mass is 16.6. The van der Waals surface area contributed by atoms with Gasteiger partial charge >= 0.3 is 6.09 Å². The van der Waals surface area contributed by atoms with Crippen molar-refractivity contribution in [3.63, 3.8) is 0 Å². The summed E-state index contributed by atoms with van der Waals surface area (Å²) >= 11 is 0. The minimum absolute atomic E-state index is 0.348. The number of hydrogen-bond donors (Lipinski definition) is 3. The van der Waals surface area contributed by atoms with E-state index in [0.717, 1.165) is 0 Å². The number of anilines is 2. The Balaban J connectivity index is 2.18. The molecule has 1 aliphatic heterocycles. The van der Waals surface area contributed by atoms with Gasteiger partial charge in [-0.2, -0.15) is 5.26 Å². The summed E-state index contributed by atoms with van der Waals surface area (Å²) in [6.45, 7) is 7.03. The van der Waals surface area contributed by atoms with Crippen molar-refractivity contribution in [3.05, 3.63) is 23.8 Å². The average molecular weight is 316 g/mol. The second-order valence-electron chi connectivity index (χ2n) is 6.42. The number of nitrogens with one attached hydrogen (secondary N) is 3. The summed E-state index contributed by atoms with van der Waals surface area (Å²) in [6.07, 6.45) is -0.657. The molecule has 0 radical (unpaired) electrons. The number of alkyl carbamates (subject to hydrolysis) is 1. The first-order chi connectivity index (χ1) is 10.7. The molecule has 3 N–H and O–H groups in total. The second kappa shape index (κ2) is 6.16. The zero-order chi connectivity index (χ0) is 17.2. The number of carbonyl (C=O) groups excluding carboxylic acids is 2. The third-order valence-electron chi connectivity index (χ3n) is 3.24. The molecule has 0 aliphatic carbocycles. The van der Waals surface area contributed by atoms with E-state index in [-0.39, 0.29) is 11.9 Å². The van der Waals surface area contributed by atoms with Crippen molar-refractivity contribution >= 4 is 23.4 Å². The molecule has 7 heteroatoms. The van der Waals surface area contributed by atoms with E-state index in [1.807, 2.05) is 0 Å². The van der Waals surface area contributed by atoms with Crippen LogP contribution in [0.5, 0.6) is 0 Å². The third-order valence-corrected chi connectivity index (χ3v) is 3.24. The highest BCUT2D eigenvalue weighted by Gasteiger charge is 2.32. The van der Waals surface area contributed by atoms with Gasteiger partial charge < -0.3 is 20.7 Å². The molecule has 7 nitrogen and oxygen atoms in total. The smallest absolute Gasteiger partial charge is 0.408 e. The van der Waals surface area contributed by atoms with Crippen LogP contribution < -0.4 is 16.0 Å². The minimum Gasteiger partial charge on any atom is -0.444 e. The van der Waals surface area contributed by atoms with E-state index in [1.54, 1.807) is 45.9 Å². The zero-order valence-electron chi connectivity index (χ0n) is 13.6. The van der Waals surface area contributed by atoms with Crippen molar-refractivity contribution in [1.82, 2.24) is 5.32 Å². The van der Waals surface area contributed by atoms with Crippen LogP contribution in [0.25, 0.3) is 0 Å². The van der Waals surface area contributed by atoms with Gasteiger partial charge in [0.2, 0.25) is 5.91 Å². The maximum Gasteiger partial charge on any atom is 0.408 e. The highest BCUT2D eigenvalue weighted by Crippen LogP contribution is 2.27. The van der Waals surface area contributed by atoms with Gasteiger partial charge in [0, 0.05) is 0 Å². The topological polar surface area (TPSA) is 103 Å². The second-order valence-corrected chi connectivity index (χ2v) is 6.42. The molecule has 1 heterocycles. The Kier molecular flexibility index (Phi) is 4.45. The van der Waals surface area contributed by atoms with Gasteiger partial charge in [-0.05, 0) is 45.9 Å². The Hall–Kier alpha value is -2.75. The van der Waals surface area contributed by atoms with E-state index in [0.29, 0.717) is 16.9 Å². The molecule has 0 saturated carbocycles. The van der Waals surface area contributed by atoms with Crippen LogP contribution in [-0.2, 0) is 9.53 Å². The molecule has 0 bridgehead atoms. The zero-order valence-corrected chi connectivity index (χ0v) is 13.6. The van der Waals surface area contributed by atoms with Gasteiger partial charge in [-0.25, -0.2) is 4.79 Å². The molecule has 2 atom stereocenters. The third kappa shape index (κ3) is 4.13. The Morgan fingerprint density at radius 1 is 1.35 bits per heavy atom. The predicted octanol–water partition coefficient (Wildman–Crippen LogP) is 2.20. The first-order valence-corrected chi connectivity index (χ1v) is 7.30. The van der Waals surface area contributed by atoms with Crippen molar-refractivity contribution in [3.8, 4) is 6.07 Å².